The standard InChI is InChI=1S/C11H10O.C2H4O2/c12-8-9-4-6-10-2-1-3-11(10)7-5-9;1-2(3)4/h1-7,12H,8H2;1H3,(H,3,4). The lowest BCUT2D eigenvalue weighted by Crippen LogP contribution is -1.78. The van der Waals surface area contributed by atoms with Crippen LogP contribution in [0, 0.1) is 0 Å². The molecule has 2 aliphatic rings. The zero-order chi connectivity index (χ0) is 12.0. The van der Waals surface area contributed by atoms with Crippen molar-refractivity contribution in [1.29, 1.82) is 0 Å². The fraction of sp³-hybridized carbons (Fsp3) is 0.154. The van der Waals surface area contributed by atoms with Gasteiger partial charge in [0.1, 0.15) is 0 Å². The van der Waals surface area contributed by atoms with Crippen molar-refractivity contribution >= 4 is 5.97 Å². The molecule has 0 radical (unpaired) electrons. The second-order valence-corrected chi connectivity index (χ2v) is 3.36. The second kappa shape index (κ2) is 5.88. The van der Waals surface area contributed by atoms with Crippen LogP contribution in [-0.4, -0.2) is 16.2 Å². The summed E-state index contributed by atoms with van der Waals surface area (Å²) in [6.45, 7) is 1.19. The molecule has 0 saturated carbocycles. The van der Waals surface area contributed by atoms with E-state index >= 15 is 0 Å². The smallest absolute Gasteiger partial charge is 0.300 e. The molecule has 3 heteroatoms. The Morgan fingerprint density at radius 1 is 1.06 bits per heavy atom. The number of hydrogen-bond acceptors (Lipinski definition) is 2. The fourth-order valence-electron chi connectivity index (χ4n) is 1.31. The highest BCUT2D eigenvalue weighted by Gasteiger charge is 1.97. The van der Waals surface area contributed by atoms with Crippen molar-refractivity contribution in [2.75, 3.05) is 0 Å². The quantitative estimate of drug-likeness (QED) is 0.772. The molecule has 2 rings (SSSR count). The van der Waals surface area contributed by atoms with Gasteiger partial charge in [0, 0.05) is 6.92 Å². The first-order chi connectivity index (χ1) is 7.63. The number of rotatable bonds is 1. The van der Waals surface area contributed by atoms with E-state index in [2.05, 4.69) is 12.1 Å². The summed E-state index contributed by atoms with van der Waals surface area (Å²) in [4.78, 5) is 9.00. The summed E-state index contributed by atoms with van der Waals surface area (Å²) in [6.07, 6.45) is 0. The summed E-state index contributed by atoms with van der Waals surface area (Å²) in [5, 5.41) is 16.3. The molecule has 0 aromatic carbocycles. The number of fused-ring (bicyclic) bond motifs is 1. The molecule has 0 atom stereocenters. The van der Waals surface area contributed by atoms with Gasteiger partial charge in [0.2, 0.25) is 0 Å². The Balaban J connectivity index is 0.000000280. The lowest BCUT2D eigenvalue weighted by atomic mass is 10.2. The summed E-state index contributed by atoms with van der Waals surface area (Å²) >= 11 is 0. The minimum absolute atomic E-state index is 0.108. The predicted octanol–water partition coefficient (Wildman–Crippen LogP) is 2.37. The van der Waals surface area contributed by atoms with Crippen molar-refractivity contribution in [3.8, 4) is 11.1 Å². The minimum atomic E-state index is -0.833. The van der Waals surface area contributed by atoms with Gasteiger partial charge in [0.25, 0.3) is 5.97 Å². The normalized spacial score (nSPS) is 9.38. The molecule has 0 unspecified atom stereocenters. The van der Waals surface area contributed by atoms with Crippen LogP contribution < -0.4 is 0 Å². The zero-order valence-corrected chi connectivity index (χ0v) is 9.05. The van der Waals surface area contributed by atoms with Crippen LogP contribution in [0.2, 0.25) is 0 Å². The van der Waals surface area contributed by atoms with E-state index < -0.39 is 5.97 Å². The minimum Gasteiger partial charge on any atom is -0.481 e. The van der Waals surface area contributed by atoms with Crippen LogP contribution in [0.5, 0.6) is 0 Å². The van der Waals surface area contributed by atoms with E-state index in [1.807, 2.05) is 30.3 Å². The van der Waals surface area contributed by atoms with Gasteiger partial charge in [-0.05, 0) is 16.7 Å². The Morgan fingerprint density at radius 3 is 1.88 bits per heavy atom. The van der Waals surface area contributed by atoms with Gasteiger partial charge < -0.3 is 10.2 Å². The summed E-state index contributed by atoms with van der Waals surface area (Å²) < 4.78 is 0. The Kier molecular flexibility index (Phi) is 4.48. The molecule has 2 aliphatic carbocycles. The van der Waals surface area contributed by atoms with Gasteiger partial charge in [-0.25, -0.2) is 0 Å². The molecular formula is C13H14O3. The number of aliphatic hydroxyl groups is 1. The molecule has 0 fully saturated rings. The van der Waals surface area contributed by atoms with Crippen LogP contribution in [0.25, 0.3) is 11.1 Å². The third-order valence-electron chi connectivity index (χ3n) is 2.02. The number of aliphatic hydroxyl groups excluding tert-OH is 1. The molecule has 0 aliphatic heterocycles. The SMILES string of the molecule is CC(=O)O.OCc1ccc2cccc-2cc1. The van der Waals surface area contributed by atoms with Crippen molar-refractivity contribution < 1.29 is 15.0 Å². The molecule has 2 N–H and O–H groups in total. The molecule has 0 aromatic rings. The van der Waals surface area contributed by atoms with Crippen LogP contribution in [0.1, 0.15) is 12.5 Å². The first-order valence-corrected chi connectivity index (χ1v) is 4.91. The van der Waals surface area contributed by atoms with Crippen LogP contribution >= 0.6 is 0 Å². The van der Waals surface area contributed by atoms with Gasteiger partial charge in [-0.15, -0.1) is 0 Å². The molecule has 84 valence electrons. The van der Waals surface area contributed by atoms with E-state index in [9.17, 15) is 0 Å². The van der Waals surface area contributed by atoms with Crippen LogP contribution in [0.4, 0.5) is 0 Å². The summed E-state index contributed by atoms with van der Waals surface area (Å²) in [6, 6.07) is 14.1. The molecule has 0 aromatic heterocycles. The van der Waals surface area contributed by atoms with Crippen molar-refractivity contribution in [1.82, 2.24) is 0 Å². The molecule has 0 spiro atoms. The van der Waals surface area contributed by atoms with E-state index in [0.717, 1.165) is 12.5 Å². The highest BCUT2D eigenvalue weighted by atomic mass is 16.4. The molecular weight excluding hydrogens is 204 g/mol. The Labute approximate surface area is 94.3 Å². The van der Waals surface area contributed by atoms with E-state index in [-0.39, 0.29) is 6.61 Å². The van der Waals surface area contributed by atoms with Crippen molar-refractivity contribution in [2.24, 2.45) is 0 Å². The first kappa shape index (κ1) is 12.2. The van der Waals surface area contributed by atoms with Gasteiger partial charge in [0.05, 0.1) is 6.61 Å². The number of carbonyl (C=O) groups is 1. The Morgan fingerprint density at radius 2 is 1.50 bits per heavy atom. The summed E-state index contributed by atoms with van der Waals surface area (Å²) in [7, 11) is 0. The average molecular weight is 218 g/mol. The fourth-order valence-corrected chi connectivity index (χ4v) is 1.31. The summed E-state index contributed by atoms with van der Waals surface area (Å²) in [5.74, 6) is -0.833. The van der Waals surface area contributed by atoms with E-state index in [0.29, 0.717) is 0 Å². The van der Waals surface area contributed by atoms with Crippen LogP contribution in [0.15, 0.2) is 42.5 Å². The van der Waals surface area contributed by atoms with E-state index in [1.165, 1.54) is 11.1 Å². The number of carboxylic acid groups (broad SMARTS) is 1. The maximum absolute atomic E-state index is 9.00. The average Bonchev–Trinajstić information content (AvgIpc) is 2.57. The molecule has 3 nitrogen and oxygen atoms in total. The van der Waals surface area contributed by atoms with Crippen LogP contribution in [-0.2, 0) is 11.4 Å². The Hall–Kier alpha value is -1.87. The maximum atomic E-state index is 9.00. The number of hydrogen-bond donors (Lipinski definition) is 2. The lowest BCUT2D eigenvalue weighted by molar-refractivity contribution is -0.134. The molecule has 0 heterocycles. The van der Waals surface area contributed by atoms with Crippen molar-refractivity contribution in [2.45, 2.75) is 13.5 Å². The topological polar surface area (TPSA) is 57.5 Å². The van der Waals surface area contributed by atoms with Gasteiger partial charge in [0.15, 0.2) is 0 Å². The second-order valence-electron chi connectivity index (χ2n) is 3.36. The zero-order valence-electron chi connectivity index (χ0n) is 9.05. The highest BCUT2D eigenvalue weighted by molar-refractivity contribution is 5.65. The molecule has 0 saturated heterocycles. The molecule has 16 heavy (non-hydrogen) atoms. The van der Waals surface area contributed by atoms with Gasteiger partial charge in [-0.2, -0.15) is 0 Å². The first-order valence-electron chi connectivity index (χ1n) is 4.91. The van der Waals surface area contributed by atoms with Crippen LogP contribution in [0.3, 0.4) is 0 Å². The Bertz CT molecular complexity index is 402. The highest BCUT2D eigenvalue weighted by Crippen LogP contribution is 2.21. The van der Waals surface area contributed by atoms with Gasteiger partial charge in [-0.3, -0.25) is 4.79 Å². The third-order valence-corrected chi connectivity index (χ3v) is 2.02. The lowest BCUT2D eigenvalue weighted by Gasteiger charge is -1.85. The third kappa shape index (κ3) is 3.71. The maximum Gasteiger partial charge on any atom is 0.300 e. The van der Waals surface area contributed by atoms with Gasteiger partial charge >= 0.3 is 0 Å². The van der Waals surface area contributed by atoms with E-state index in [4.69, 9.17) is 15.0 Å². The number of aliphatic carboxylic acids is 1. The monoisotopic (exact) mass is 218 g/mol. The molecule has 0 amide bonds. The van der Waals surface area contributed by atoms with E-state index in [1.54, 1.807) is 0 Å². The predicted molar refractivity (Wildman–Crippen MR) is 62.3 cm³/mol. The van der Waals surface area contributed by atoms with Crippen molar-refractivity contribution in [3.63, 3.8) is 0 Å². The number of carboxylic acids is 1. The van der Waals surface area contributed by atoms with Crippen molar-refractivity contribution in [3.05, 3.63) is 48.0 Å². The largest absolute Gasteiger partial charge is 0.481 e. The molecule has 0 bridgehead atoms. The van der Waals surface area contributed by atoms with Gasteiger partial charge in [-0.1, -0.05) is 42.5 Å². The summed E-state index contributed by atoms with van der Waals surface area (Å²) in [5.41, 5.74) is 3.38.